The van der Waals surface area contributed by atoms with E-state index in [4.69, 9.17) is 0 Å². The molecule has 2 aromatic carbocycles. The van der Waals surface area contributed by atoms with Crippen LogP contribution >= 0.6 is 0 Å². The Morgan fingerprint density at radius 2 is 1.67 bits per heavy atom. The number of rotatable bonds is 0. The molecule has 0 saturated carbocycles. The molecule has 0 radical (unpaired) electrons. The molecular formula is C17H11NO3. The molecule has 0 bridgehead atoms. The van der Waals surface area contributed by atoms with Crippen LogP contribution in [0.2, 0.25) is 0 Å². The number of fused-ring (bicyclic) bond motifs is 2. The zero-order chi connectivity index (χ0) is 14.7. The van der Waals surface area contributed by atoms with Crippen molar-refractivity contribution in [2.75, 3.05) is 0 Å². The summed E-state index contributed by atoms with van der Waals surface area (Å²) in [6.45, 7) is 0. The lowest BCUT2D eigenvalue weighted by atomic mass is 9.83. The van der Waals surface area contributed by atoms with Crippen LogP contribution in [-0.4, -0.2) is 15.5 Å². The summed E-state index contributed by atoms with van der Waals surface area (Å²) >= 11 is 0. The molecule has 1 aromatic heterocycles. The van der Waals surface area contributed by atoms with Gasteiger partial charge in [0.2, 0.25) is 0 Å². The van der Waals surface area contributed by atoms with Crippen molar-refractivity contribution in [3.63, 3.8) is 0 Å². The highest BCUT2D eigenvalue weighted by Gasteiger charge is 2.28. The maximum absolute atomic E-state index is 12.7. The van der Waals surface area contributed by atoms with Gasteiger partial charge in [-0.05, 0) is 23.3 Å². The molecule has 4 heteroatoms. The fraction of sp³-hybridized carbons (Fsp3) is 0.0588. The zero-order valence-corrected chi connectivity index (χ0v) is 11.3. The van der Waals surface area contributed by atoms with Crippen molar-refractivity contribution in [1.29, 1.82) is 0 Å². The van der Waals surface area contributed by atoms with Crippen LogP contribution in [0, 0.1) is 0 Å². The molecule has 4 rings (SSSR count). The van der Waals surface area contributed by atoms with Crippen molar-refractivity contribution in [2.24, 2.45) is 7.05 Å². The summed E-state index contributed by atoms with van der Waals surface area (Å²) in [4.78, 5) is 24.8. The van der Waals surface area contributed by atoms with Gasteiger partial charge in [-0.1, -0.05) is 24.3 Å². The Morgan fingerprint density at radius 3 is 2.43 bits per heavy atom. The summed E-state index contributed by atoms with van der Waals surface area (Å²) in [6, 6.07) is 11.8. The van der Waals surface area contributed by atoms with Gasteiger partial charge in [-0.15, -0.1) is 0 Å². The Morgan fingerprint density at radius 1 is 0.952 bits per heavy atom. The second kappa shape index (κ2) is 3.82. The Labute approximate surface area is 119 Å². The zero-order valence-electron chi connectivity index (χ0n) is 11.3. The molecule has 4 nitrogen and oxygen atoms in total. The van der Waals surface area contributed by atoms with Crippen LogP contribution in [0.3, 0.4) is 0 Å². The van der Waals surface area contributed by atoms with Crippen molar-refractivity contribution >= 4 is 16.7 Å². The lowest BCUT2D eigenvalue weighted by molar-refractivity contribution is 0.103. The number of nitrogens with zero attached hydrogens (tertiary/aromatic N) is 1. The maximum atomic E-state index is 12.7. The molecule has 0 amide bonds. The lowest BCUT2D eigenvalue weighted by Gasteiger charge is -2.21. The molecule has 0 spiro atoms. The quantitative estimate of drug-likeness (QED) is 0.537. The van der Waals surface area contributed by atoms with Crippen LogP contribution in [0.25, 0.3) is 22.0 Å². The van der Waals surface area contributed by atoms with Gasteiger partial charge in [-0.25, -0.2) is 0 Å². The summed E-state index contributed by atoms with van der Waals surface area (Å²) < 4.78 is 1.49. The third kappa shape index (κ3) is 1.39. The van der Waals surface area contributed by atoms with Gasteiger partial charge in [0.15, 0.2) is 5.78 Å². The van der Waals surface area contributed by atoms with Gasteiger partial charge in [0.1, 0.15) is 5.75 Å². The first-order valence-corrected chi connectivity index (χ1v) is 6.59. The van der Waals surface area contributed by atoms with Crippen LogP contribution in [0.4, 0.5) is 0 Å². The topological polar surface area (TPSA) is 59.3 Å². The molecule has 0 fully saturated rings. The van der Waals surface area contributed by atoms with Crippen LogP contribution in [0.5, 0.6) is 5.75 Å². The Balaban J connectivity index is 2.35. The van der Waals surface area contributed by atoms with E-state index in [1.807, 2.05) is 12.1 Å². The summed E-state index contributed by atoms with van der Waals surface area (Å²) in [6.07, 6.45) is 0. The Kier molecular flexibility index (Phi) is 2.17. The molecule has 1 aliphatic rings. The van der Waals surface area contributed by atoms with E-state index in [-0.39, 0.29) is 22.7 Å². The lowest BCUT2D eigenvalue weighted by Crippen LogP contribution is -2.20. The molecule has 1 heterocycles. The largest absolute Gasteiger partial charge is 0.507 e. The van der Waals surface area contributed by atoms with Crippen LogP contribution < -0.4 is 5.56 Å². The minimum Gasteiger partial charge on any atom is -0.507 e. The Hall–Kier alpha value is -2.88. The van der Waals surface area contributed by atoms with Gasteiger partial charge >= 0.3 is 0 Å². The highest BCUT2D eigenvalue weighted by atomic mass is 16.3. The van der Waals surface area contributed by atoms with Gasteiger partial charge in [-0.2, -0.15) is 0 Å². The predicted octanol–water partition coefficient (Wildman–Crippen LogP) is 2.46. The van der Waals surface area contributed by atoms with Gasteiger partial charge in [-0.3, -0.25) is 9.59 Å². The number of phenolic OH excluding ortho intramolecular Hbond substituents is 1. The standard InChI is InChI=1S/C17H11NO3/c1-18-12-6-7-13(19)16-15(12)11(8-14(18)20)9-4-2-3-5-10(9)17(16)21/h2-8,19H,1H3. The van der Waals surface area contributed by atoms with E-state index in [0.717, 1.165) is 5.56 Å². The van der Waals surface area contributed by atoms with Gasteiger partial charge < -0.3 is 9.67 Å². The number of aromatic hydroxyl groups is 1. The van der Waals surface area contributed by atoms with Crippen LogP contribution in [0.1, 0.15) is 15.9 Å². The molecule has 3 aromatic rings. The van der Waals surface area contributed by atoms with Crippen LogP contribution in [0.15, 0.2) is 47.3 Å². The molecule has 0 saturated heterocycles. The second-order valence-electron chi connectivity index (χ2n) is 5.18. The highest BCUT2D eigenvalue weighted by Crippen LogP contribution is 2.41. The monoisotopic (exact) mass is 277 g/mol. The van der Waals surface area contributed by atoms with E-state index >= 15 is 0 Å². The number of ketones is 1. The van der Waals surface area contributed by atoms with Crippen molar-refractivity contribution in [3.8, 4) is 16.9 Å². The van der Waals surface area contributed by atoms with Crippen molar-refractivity contribution in [3.05, 3.63) is 63.9 Å². The maximum Gasteiger partial charge on any atom is 0.251 e. The first kappa shape index (κ1) is 11.9. The van der Waals surface area contributed by atoms with Crippen molar-refractivity contribution < 1.29 is 9.90 Å². The van der Waals surface area contributed by atoms with E-state index in [9.17, 15) is 14.7 Å². The minimum absolute atomic E-state index is 0.0538. The molecule has 1 N–H and O–H groups in total. The van der Waals surface area contributed by atoms with Crippen molar-refractivity contribution in [2.45, 2.75) is 0 Å². The number of pyridine rings is 1. The van der Waals surface area contributed by atoms with E-state index in [1.54, 1.807) is 25.2 Å². The van der Waals surface area contributed by atoms with Gasteiger partial charge in [0, 0.05) is 24.1 Å². The minimum atomic E-state index is -0.208. The molecule has 1 aliphatic carbocycles. The number of phenols is 1. The van der Waals surface area contributed by atoms with E-state index in [2.05, 4.69) is 0 Å². The Bertz CT molecular complexity index is 999. The highest BCUT2D eigenvalue weighted by molar-refractivity contribution is 6.26. The van der Waals surface area contributed by atoms with Crippen LogP contribution in [-0.2, 0) is 7.05 Å². The van der Waals surface area contributed by atoms with Gasteiger partial charge in [0.05, 0.1) is 11.1 Å². The average molecular weight is 277 g/mol. The molecule has 0 atom stereocenters. The van der Waals surface area contributed by atoms with E-state index in [1.165, 1.54) is 16.7 Å². The van der Waals surface area contributed by atoms with Gasteiger partial charge in [0.25, 0.3) is 5.56 Å². The fourth-order valence-corrected chi connectivity index (χ4v) is 3.04. The number of aryl methyl sites for hydroxylation is 1. The summed E-state index contributed by atoms with van der Waals surface area (Å²) in [5, 5.41) is 10.8. The first-order chi connectivity index (χ1) is 10.1. The number of carbonyl (C=O) groups excluding carboxylic acids is 1. The second-order valence-corrected chi connectivity index (χ2v) is 5.18. The average Bonchev–Trinajstić information content (AvgIpc) is 2.49. The van der Waals surface area contributed by atoms with Crippen molar-refractivity contribution in [1.82, 2.24) is 4.57 Å². The molecule has 0 unspecified atom stereocenters. The normalized spacial score (nSPS) is 12.5. The molecule has 21 heavy (non-hydrogen) atoms. The fourth-order valence-electron chi connectivity index (χ4n) is 3.04. The van der Waals surface area contributed by atoms with E-state index < -0.39 is 0 Å². The third-order valence-corrected chi connectivity index (χ3v) is 4.08. The summed E-state index contributed by atoms with van der Waals surface area (Å²) in [5.41, 5.74) is 2.74. The third-order valence-electron chi connectivity index (χ3n) is 4.08. The molecule has 0 aliphatic heterocycles. The molecule has 102 valence electrons. The number of aromatic nitrogens is 1. The number of carbonyl (C=O) groups is 1. The summed E-state index contributed by atoms with van der Waals surface area (Å²) in [5.74, 6) is -0.262. The first-order valence-electron chi connectivity index (χ1n) is 6.59. The summed E-state index contributed by atoms with van der Waals surface area (Å²) in [7, 11) is 1.66. The molecular weight excluding hydrogens is 266 g/mol. The predicted molar refractivity (Wildman–Crippen MR) is 79.7 cm³/mol. The number of hydrogen-bond acceptors (Lipinski definition) is 3. The number of hydrogen-bond donors (Lipinski definition) is 1. The van der Waals surface area contributed by atoms with E-state index in [0.29, 0.717) is 22.0 Å². The SMILES string of the molecule is Cn1c(=O)cc2c3c(c(O)ccc31)C(=O)c1ccccc1-2. The number of benzene rings is 2. The smallest absolute Gasteiger partial charge is 0.251 e.